The number of rotatable bonds is 4. The Hall–Kier alpha value is -0.930. The monoisotopic (exact) mass is 410 g/mol. The molecule has 2 aliphatic rings. The second-order valence-corrected chi connectivity index (χ2v) is 9.72. The molecule has 25 heavy (non-hydrogen) atoms. The number of sulfonamides is 1. The summed E-state index contributed by atoms with van der Waals surface area (Å²) in [5.74, 6) is -1.33. The van der Waals surface area contributed by atoms with Crippen molar-refractivity contribution in [2.45, 2.75) is 22.6 Å². The lowest BCUT2D eigenvalue weighted by Crippen LogP contribution is -2.41. The van der Waals surface area contributed by atoms with Crippen molar-refractivity contribution in [3.8, 4) is 0 Å². The number of carbonyl (C=O) groups is 1. The number of alkyl halides is 2. The highest BCUT2D eigenvalue weighted by Crippen LogP contribution is 2.64. The largest absolute Gasteiger partial charge is 0.379 e. The molecule has 0 bridgehead atoms. The number of hydrogen-bond acceptors (Lipinski definition) is 4. The van der Waals surface area contributed by atoms with E-state index < -0.39 is 36.4 Å². The average Bonchev–Trinajstić information content (AvgIpc) is 3.09. The number of nitrogens with one attached hydrogen (secondary N) is 1. The molecule has 1 atom stereocenters. The summed E-state index contributed by atoms with van der Waals surface area (Å²) in [4.78, 5) is 11.8. The van der Waals surface area contributed by atoms with Gasteiger partial charge in [0.15, 0.2) is 0 Å². The lowest BCUT2D eigenvalue weighted by molar-refractivity contribution is -0.120. The molecule has 10 heteroatoms. The minimum Gasteiger partial charge on any atom is -0.379 e. The number of hydrogen-bond donors (Lipinski definition) is 1. The van der Waals surface area contributed by atoms with Gasteiger partial charge in [0, 0.05) is 18.8 Å². The third kappa shape index (κ3) is 3.38. The number of ether oxygens (including phenoxy) is 1. The summed E-state index contributed by atoms with van der Waals surface area (Å²) >= 11 is 11.9. The van der Waals surface area contributed by atoms with E-state index in [0.29, 0.717) is 0 Å². The molecule has 0 aromatic heterocycles. The predicted octanol–water partition coefficient (Wildman–Crippen LogP) is 2.37. The molecule has 1 heterocycles. The first-order valence-electron chi connectivity index (χ1n) is 7.65. The quantitative estimate of drug-likeness (QED) is 0.772. The maximum absolute atomic E-state index is 14.1. The van der Waals surface area contributed by atoms with Crippen molar-refractivity contribution >= 4 is 44.8 Å². The van der Waals surface area contributed by atoms with Crippen LogP contribution in [0.1, 0.15) is 13.3 Å². The van der Waals surface area contributed by atoms with E-state index in [9.17, 15) is 17.6 Å². The van der Waals surface area contributed by atoms with Crippen molar-refractivity contribution in [1.82, 2.24) is 4.31 Å². The van der Waals surface area contributed by atoms with Crippen molar-refractivity contribution < 1.29 is 22.3 Å². The average molecular weight is 411 g/mol. The summed E-state index contributed by atoms with van der Waals surface area (Å²) in [6.07, 6.45) is 0.287. The highest BCUT2D eigenvalue weighted by atomic mass is 35.5. The van der Waals surface area contributed by atoms with Gasteiger partial charge in [-0.2, -0.15) is 4.31 Å². The molecule has 1 N–H and O–H groups in total. The maximum Gasteiger partial charge on any atom is 0.246 e. The van der Waals surface area contributed by atoms with Gasteiger partial charge in [0.1, 0.15) is 15.0 Å². The number of nitrogens with zero attached hydrogens (tertiary/aromatic N) is 1. The van der Waals surface area contributed by atoms with E-state index in [1.165, 1.54) is 6.07 Å². The van der Waals surface area contributed by atoms with Crippen molar-refractivity contribution in [3.63, 3.8) is 0 Å². The Morgan fingerprint density at radius 2 is 1.92 bits per heavy atom. The molecule has 138 valence electrons. The molecule has 1 aliphatic carbocycles. The standard InChI is InChI=1S/C15H17Cl2FN2O4S/c1-14(9-15(14,16)17)13(21)19-10-2-3-11(18)12(8-10)25(22,23)20-4-6-24-7-5-20/h2-3,8H,4-7,9H2,1H3,(H,19,21). The molecule has 1 aromatic rings. The zero-order chi connectivity index (χ0) is 18.5. The van der Waals surface area contributed by atoms with Crippen molar-refractivity contribution in [2.24, 2.45) is 5.41 Å². The summed E-state index contributed by atoms with van der Waals surface area (Å²) in [7, 11) is -4.02. The van der Waals surface area contributed by atoms with Crippen LogP contribution in [0, 0.1) is 11.2 Å². The topological polar surface area (TPSA) is 75.7 Å². The highest BCUT2D eigenvalue weighted by Gasteiger charge is 2.67. The van der Waals surface area contributed by atoms with E-state index >= 15 is 0 Å². The van der Waals surface area contributed by atoms with Gasteiger partial charge in [0.25, 0.3) is 0 Å². The van der Waals surface area contributed by atoms with Crippen LogP contribution in [-0.4, -0.2) is 49.3 Å². The second kappa shape index (κ2) is 6.35. The van der Waals surface area contributed by atoms with Crippen LogP contribution in [0.25, 0.3) is 0 Å². The fraction of sp³-hybridized carbons (Fsp3) is 0.533. The number of morpholine rings is 1. The van der Waals surface area contributed by atoms with E-state index in [1.807, 2.05) is 0 Å². The van der Waals surface area contributed by atoms with Crippen LogP contribution in [0.15, 0.2) is 23.1 Å². The fourth-order valence-corrected chi connectivity index (χ4v) is 4.82. The fourth-order valence-electron chi connectivity index (χ4n) is 2.62. The second-order valence-electron chi connectivity index (χ2n) is 6.33. The molecular weight excluding hydrogens is 394 g/mol. The van der Waals surface area contributed by atoms with Gasteiger partial charge in [-0.3, -0.25) is 4.79 Å². The first-order chi connectivity index (χ1) is 11.6. The van der Waals surface area contributed by atoms with E-state index in [0.717, 1.165) is 16.4 Å². The molecular formula is C15H17Cl2FN2O4S. The van der Waals surface area contributed by atoms with Gasteiger partial charge in [-0.15, -0.1) is 23.2 Å². The summed E-state index contributed by atoms with van der Waals surface area (Å²) in [6, 6.07) is 3.40. The van der Waals surface area contributed by atoms with Gasteiger partial charge in [-0.05, 0) is 31.5 Å². The molecule has 1 aliphatic heterocycles. The Labute approximate surface area is 155 Å². The Bertz CT molecular complexity index is 812. The summed E-state index contributed by atoms with van der Waals surface area (Å²) in [5.41, 5.74) is -0.802. The van der Waals surface area contributed by atoms with Crippen LogP contribution in [0.3, 0.4) is 0 Å². The van der Waals surface area contributed by atoms with Gasteiger partial charge < -0.3 is 10.1 Å². The van der Waals surface area contributed by atoms with Gasteiger partial charge in [0.2, 0.25) is 15.9 Å². The Kier molecular flexibility index (Phi) is 4.79. The molecule has 1 saturated carbocycles. The van der Waals surface area contributed by atoms with E-state index in [2.05, 4.69) is 5.32 Å². The van der Waals surface area contributed by atoms with Crippen molar-refractivity contribution in [2.75, 3.05) is 31.6 Å². The Morgan fingerprint density at radius 3 is 2.48 bits per heavy atom. The van der Waals surface area contributed by atoms with E-state index in [4.69, 9.17) is 27.9 Å². The predicted molar refractivity (Wildman–Crippen MR) is 91.8 cm³/mol. The summed E-state index contributed by atoms with van der Waals surface area (Å²) < 4.78 is 44.5. The van der Waals surface area contributed by atoms with Gasteiger partial charge in [-0.1, -0.05) is 0 Å². The van der Waals surface area contributed by atoms with Crippen LogP contribution in [0.5, 0.6) is 0 Å². The van der Waals surface area contributed by atoms with Crippen molar-refractivity contribution in [3.05, 3.63) is 24.0 Å². The maximum atomic E-state index is 14.1. The van der Waals surface area contributed by atoms with E-state index in [-0.39, 0.29) is 38.4 Å². The van der Waals surface area contributed by atoms with Crippen LogP contribution in [0.4, 0.5) is 10.1 Å². The molecule has 1 saturated heterocycles. The SMILES string of the molecule is CC1(C(=O)Nc2ccc(F)c(S(=O)(=O)N3CCOCC3)c2)CC1(Cl)Cl. The smallest absolute Gasteiger partial charge is 0.246 e. The zero-order valence-electron chi connectivity index (χ0n) is 13.4. The minimum absolute atomic E-state index is 0.150. The minimum atomic E-state index is -4.02. The van der Waals surface area contributed by atoms with Crippen LogP contribution >= 0.6 is 23.2 Å². The number of halogens is 3. The van der Waals surface area contributed by atoms with Gasteiger partial charge >= 0.3 is 0 Å². The summed E-state index contributed by atoms with van der Waals surface area (Å²) in [6.45, 7) is 2.42. The zero-order valence-corrected chi connectivity index (χ0v) is 15.7. The van der Waals surface area contributed by atoms with Crippen molar-refractivity contribution in [1.29, 1.82) is 0 Å². The third-order valence-electron chi connectivity index (χ3n) is 4.54. The molecule has 3 rings (SSSR count). The molecule has 0 spiro atoms. The molecule has 6 nitrogen and oxygen atoms in total. The van der Waals surface area contributed by atoms with Gasteiger partial charge in [0.05, 0.1) is 18.6 Å². The van der Waals surface area contributed by atoms with E-state index in [1.54, 1.807) is 6.92 Å². The molecule has 1 amide bonds. The number of benzene rings is 1. The molecule has 2 fully saturated rings. The van der Waals surface area contributed by atoms with Crippen LogP contribution < -0.4 is 5.32 Å². The molecule has 0 radical (unpaired) electrons. The molecule has 1 aromatic carbocycles. The normalized spacial score (nSPS) is 26.2. The van der Waals surface area contributed by atoms with Crippen LogP contribution in [0.2, 0.25) is 0 Å². The lowest BCUT2D eigenvalue weighted by atomic mass is 10.1. The highest BCUT2D eigenvalue weighted by molar-refractivity contribution is 7.89. The Morgan fingerprint density at radius 1 is 1.32 bits per heavy atom. The number of anilines is 1. The number of amides is 1. The first kappa shape index (κ1) is 18.8. The Balaban J connectivity index is 1.85. The lowest BCUT2D eigenvalue weighted by Gasteiger charge is -2.26. The first-order valence-corrected chi connectivity index (χ1v) is 9.84. The summed E-state index contributed by atoms with van der Waals surface area (Å²) in [5, 5.41) is 2.56. The third-order valence-corrected chi connectivity index (χ3v) is 7.55. The number of carbonyl (C=O) groups excluding carboxylic acids is 1. The van der Waals surface area contributed by atoms with Crippen LogP contribution in [-0.2, 0) is 19.6 Å². The molecule has 1 unspecified atom stereocenters. The van der Waals surface area contributed by atoms with Gasteiger partial charge in [-0.25, -0.2) is 12.8 Å².